The Bertz CT molecular complexity index is 1050. The van der Waals surface area contributed by atoms with Gasteiger partial charge in [-0.25, -0.2) is 4.98 Å². The predicted molar refractivity (Wildman–Crippen MR) is 102 cm³/mol. The highest BCUT2D eigenvalue weighted by atomic mass is 32.1. The molecule has 0 aliphatic carbocycles. The lowest BCUT2D eigenvalue weighted by Gasteiger charge is -2.02. The molecule has 0 aliphatic rings. The summed E-state index contributed by atoms with van der Waals surface area (Å²) in [5.74, 6) is -0.202. The van der Waals surface area contributed by atoms with E-state index >= 15 is 0 Å². The highest BCUT2D eigenvalue weighted by Gasteiger charge is 2.10. The van der Waals surface area contributed by atoms with Crippen molar-refractivity contribution in [3.05, 3.63) is 77.4 Å². The van der Waals surface area contributed by atoms with Gasteiger partial charge >= 0.3 is 0 Å². The average Bonchev–Trinajstić information content (AvgIpc) is 3.10. The van der Waals surface area contributed by atoms with Crippen LogP contribution in [0.5, 0.6) is 0 Å². The SMILES string of the molecule is Cc1ccc(C(=O)Nc2nc(-c3ccc4ccccc4c3)cs2)cn1. The zero-order valence-corrected chi connectivity index (χ0v) is 14.4. The van der Waals surface area contributed by atoms with E-state index in [1.807, 2.05) is 36.6 Å². The van der Waals surface area contributed by atoms with Gasteiger partial charge in [0.05, 0.1) is 11.3 Å². The number of nitrogens with zero attached hydrogens (tertiary/aromatic N) is 2. The summed E-state index contributed by atoms with van der Waals surface area (Å²) >= 11 is 1.41. The van der Waals surface area contributed by atoms with E-state index in [4.69, 9.17) is 0 Å². The fraction of sp³-hybridized carbons (Fsp3) is 0.0500. The van der Waals surface area contributed by atoms with E-state index in [0.717, 1.165) is 17.0 Å². The normalized spacial score (nSPS) is 10.8. The zero-order valence-electron chi connectivity index (χ0n) is 13.6. The average molecular weight is 345 g/mol. The molecule has 0 unspecified atom stereocenters. The Hall–Kier alpha value is -3.05. The Labute approximate surface area is 149 Å². The van der Waals surface area contributed by atoms with Gasteiger partial charge in [0, 0.05) is 22.8 Å². The standard InChI is InChI=1S/C20H15N3OS/c1-13-6-7-17(11-21-13)19(24)23-20-22-18(12-25-20)16-9-8-14-4-2-3-5-15(14)10-16/h2-12H,1H3,(H,22,23,24). The molecule has 4 aromatic rings. The number of carbonyl (C=O) groups is 1. The highest BCUT2D eigenvalue weighted by molar-refractivity contribution is 7.14. The number of benzene rings is 2. The quantitative estimate of drug-likeness (QED) is 0.573. The van der Waals surface area contributed by atoms with Crippen molar-refractivity contribution in [2.45, 2.75) is 6.92 Å². The molecule has 0 spiro atoms. The van der Waals surface area contributed by atoms with Crippen molar-refractivity contribution < 1.29 is 4.79 Å². The number of hydrogen-bond donors (Lipinski definition) is 1. The molecule has 4 rings (SSSR count). The van der Waals surface area contributed by atoms with Crippen LogP contribution in [-0.4, -0.2) is 15.9 Å². The maximum atomic E-state index is 12.3. The third kappa shape index (κ3) is 3.27. The summed E-state index contributed by atoms with van der Waals surface area (Å²) in [5.41, 5.74) is 3.29. The second-order valence-corrected chi connectivity index (χ2v) is 6.60. The van der Waals surface area contributed by atoms with E-state index in [-0.39, 0.29) is 5.91 Å². The van der Waals surface area contributed by atoms with Crippen LogP contribution >= 0.6 is 11.3 Å². The third-order valence-corrected chi connectivity index (χ3v) is 4.70. The Balaban J connectivity index is 1.56. The van der Waals surface area contributed by atoms with Crippen LogP contribution in [0.25, 0.3) is 22.0 Å². The van der Waals surface area contributed by atoms with Crippen molar-refractivity contribution >= 4 is 33.1 Å². The van der Waals surface area contributed by atoms with Crippen molar-refractivity contribution in [3.63, 3.8) is 0 Å². The molecule has 2 heterocycles. The second-order valence-electron chi connectivity index (χ2n) is 5.74. The number of thiazole rings is 1. The zero-order chi connectivity index (χ0) is 17.2. The minimum absolute atomic E-state index is 0.202. The minimum Gasteiger partial charge on any atom is -0.298 e. The second kappa shape index (κ2) is 6.45. The lowest BCUT2D eigenvalue weighted by molar-refractivity contribution is 0.102. The molecule has 25 heavy (non-hydrogen) atoms. The van der Waals surface area contributed by atoms with Crippen LogP contribution in [0.3, 0.4) is 0 Å². The molecule has 1 amide bonds. The molecule has 4 nitrogen and oxygen atoms in total. The van der Waals surface area contributed by atoms with Crippen LogP contribution in [0.1, 0.15) is 16.1 Å². The number of aryl methyl sites for hydroxylation is 1. The molecule has 122 valence electrons. The summed E-state index contributed by atoms with van der Waals surface area (Å²) in [7, 11) is 0. The van der Waals surface area contributed by atoms with E-state index in [9.17, 15) is 4.79 Å². The molecule has 0 atom stereocenters. The summed E-state index contributed by atoms with van der Waals surface area (Å²) in [5, 5.41) is 7.73. The topological polar surface area (TPSA) is 54.9 Å². The Morgan fingerprint density at radius 3 is 2.68 bits per heavy atom. The highest BCUT2D eigenvalue weighted by Crippen LogP contribution is 2.28. The largest absolute Gasteiger partial charge is 0.298 e. The van der Waals surface area contributed by atoms with Crippen molar-refractivity contribution in [1.82, 2.24) is 9.97 Å². The molecule has 0 radical (unpaired) electrons. The third-order valence-electron chi connectivity index (χ3n) is 3.94. The maximum Gasteiger partial charge on any atom is 0.259 e. The molecular weight excluding hydrogens is 330 g/mol. The van der Waals surface area contributed by atoms with Gasteiger partial charge in [0.25, 0.3) is 5.91 Å². The molecule has 5 heteroatoms. The number of carbonyl (C=O) groups excluding carboxylic acids is 1. The van der Waals surface area contributed by atoms with Gasteiger partial charge in [0.1, 0.15) is 0 Å². The smallest absolute Gasteiger partial charge is 0.259 e. The lowest BCUT2D eigenvalue weighted by atomic mass is 10.1. The molecule has 2 aromatic heterocycles. The fourth-order valence-corrected chi connectivity index (χ4v) is 3.30. The molecular formula is C20H15N3OS. The number of fused-ring (bicyclic) bond motifs is 1. The number of aromatic nitrogens is 2. The molecule has 2 aromatic carbocycles. The van der Waals surface area contributed by atoms with E-state index in [1.54, 1.807) is 12.3 Å². The Morgan fingerprint density at radius 2 is 1.88 bits per heavy atom. The van der Waals surface area contributed by atoms with Gasteiger partial charge in [-0.1, -0.05) is 36.4 Å². The summed E-state index contributed by atoms with van der Waals surface area (Å²) in [6, 6.07) is 18.0. The molecule has 0 saturated heterocycles. The number of amides is 1. The van der Waals surface area contributed by atoms with Crippen molar-refractivity contribution in [1.29, 1.82) is 0 Å². The van der Waals surface area contributed by atoms with Gasteiger partial charge in [-0.05, 0) is 35.9 Å². The van der Waals surface area contributed by atoms with E-state index < -0.39 is 0 Å². The van der Waals surface area contributed by atoms with Crippen LogP contribution in [0.4, 0.5) is 5.13 Å². The lowest BCUT2D eigenvalue weighted by Crippen LogP contribution is -2.12. The first-order valence-corrected chi connectivity index (χ1v) is 8.76. The first kappa shape index (κ1) is 15.5. The van der Waals surface area contributed by atoms with Gasteiger partial charge in [-0.2, -0.15) is 0 Å². The fourth-order valence-electron chi connectivity index (χ4n) is 2.58. The summed E-state index contributed by atoms with van der Waals surface area (Å²) in [6.45, 7) is 1.89. The minimum atomic E-state index is -0.202. The predicted octanol–water partition coefficient (Wildman–Crippen LogP) is 4.92. The number of hydrogen-bond acceptors (Lipinski definition) is 4. The van der Waals surface area contributed by atoms with Gasteiger partial charge in [0.15, 0.2) is 5.13 Å². The van der Waals surface area contributed by atoms with Crippen LogP contribution in [0, 0.1) is 6.92 Å². The van der Waals surface area contributed by atoms with Gasteiger partial charge in [-0.15, -0.1) is 11.3 Å². The molecule has 0 fully saturated rings. The first-order chi connectivity index (χ1) is 12.2. The monoisotopic (exact) mass is 345 g/mol. The van der Waals surface area contributed by atoms with Gasteiger partial charge < -0.3 is 0 Å². The summed E-state index contributed by atoms with van der Waals surface area (Å²) in [6.07, 6.45) is 1.57. The number of rotatable bonds is 3. The van der Waals surface area contributed by atoms with E-state index in [0.29, 0.717) is 10.7 Å². The van der Waals surface area contributed by atoms with Crippen LogP contribution < -0.4 is 5.32 Å². The van der Waals surface area contributed by atoms with Crippen LogP contribution in [0.2, 0.25) is 0 Å². The van der Waals surface area contributed by atoms with Crippen molar-refractivity contribution in [3.8, 4) is 11.3 Å². The van der Waals surface area contributed by atoms with Crippen molar-refractivity contribution in [2.24, 2.45) is 0 Å². The van der Waals surface area contributed by atoms with Crippen LogP contribution in [0.15, 0.2) is 66.2 Å². The van der Waals surface area contributed by atoms with E-state index in [2.05, 4.69) is 39.6 Å². The Kier molecular flexibility index (Phi) is 3.99. The first-order valence-electron chi connectivity index (χ1n) is 7.88. The number of nitrogens with one attached hydrogen (secondary N) is 1. The van der Waals surface area contributed by atoms with Crippen molar-refractivity contribution in [2.75, 3.05) is 5.32 Å². The Morgan fingerprint density at radius 1 is 1.04 bits per heavy atom. The maximum absolute atomic E-state index is 12.3. The van der Waals surface area contributed by atoms with Gasteiger partial charge in [-0.3, -0.25) is 15.1 Å². The molecule has 0 saturated carbocycles. The molecule has 1 N–H and O–H groups in total. The molecule has 0 bridgehead atoms. The van der Waals surface area contributed by atoms with Crippen LogP contribution in [-0.2, 0) is 0 Å². The molecule has 0 aliphatic heterocycles. The van der Waals surface area contributed by atoms with Gasteiger partial charge in [0.2, 0.25) is 0 Å². The number of pyridine rings is 1. The summed E-state index contributed by atoms with van der Waals surface area (Å²) in [4.78, 5) is 20.9. The number of anilines is 1. The summed E-state index contributed by atoms with van der Waals surface area (Å²) < 4.78 is 0. The van der Waals surface area contributed by atoms with E-state index in [1.165, 1.54) is 22.1 Å².